The van der Waals surface area contributed by atoms with Crippen LogP contribution in [0.15, 0.2) is 36.7 Å². The number of aromatic amines is 1. The topological polar surface area (TPSA) is 49.7 Å². The Morgan fingerprint density at radius 2 is 2.22 bits per heavy atom. The molecule has 0 bridgehead atoms. The number of nitrogens with one attached hydrogen (secondary N) is 1. The van der Waals surface area contributed by atoms with E-state index in [1.165, 1.54) is 36.0 Å². The molecule has 1 fully saturated rings. The van der Waals surface area contributed by atoms with E-state index in [1.54, 1.807) is 0 Å². The van der Waals surface area contributed by atoms with Crippen molar-refractivity contribution >= 4 is 10.9 Å². The van der Waals surface area contributed by atoms with Gasteiger partial charge in [-0.2, -0.15) is 10.2 Å². The molecular formula is C18H23N5. The summed E-state index contributed by atoms with van der Waals surface area (Å²) in [5, 5.41) is 13.3. The van der Waals surface area contributed by atoms with Crippen molar-refractivity contribution in [3.05, 3.63) is 47.9 Å². The van der Waals surface area contributed by atoms with Crippen LogP contribution in [0.4, 0.5) is 0 Å². The van der Waals surface area contributed by atoms with Crippen LogP contribution < -0.4 is 0 Å². The Hall–Kier alpha value is -2.14. The van der Waals surface area contributed by atoms with Gasteiger partial charge < -0.3 is 4.90 Å². The van der Waals surface area contributed by atoms with Gasteiger partial charge in [-0.15, -0.1) is 0 Å². The van der Waals surface area contributed by atoms with E-state index in [1.807, 2.05) is 17.9 Å². The molecule has 0 aliphatic carbocycles. The Balaban J connectivity index is 1.34. The summed E-state index contributed by atoms with van der Waals surface area (Å²) in [6, 6.07) is 8.44. The van der Waals surface area contributed by atoms with Crippen LogP contribution in [-0.2, 0) is 13.5 Å². The van der Waals surface area contributed by atoms with Crippen LogP contribution in [-0.4, -0.2) is 44.5 Å². The highest BCUT2D eigenvalue weighted by atomic mass is 15.2. The number of aromatic nitrogens is 4. The predicted molar refractivity (Wildman–Crippen MR) is 91.4 cm³/mol. The Bertz CT molecular complexity index is 787. The molecule has 1 aliphatic rings. The lowest BCUT2D eigenvalue weighted by Crippen LogP contribution is -2.22. The molecular weight excluding hydrogens is 286 g/mol. The van der Waals surface area contributed by atoms with Crippen LogP contribution in [0.5, 0.6) is 0 Å². The quantitative estimate of drug-likeness (QED) is 0.788. The first-order chi connectivity index (χ1) is 11.3. The van der Waals surface area contributed by atoms with E-state index in [2.05, 4.69) is 50.7 Å². The summed E-state index contributed by atoms with van der Waals surface area (Å²) >= 11 is 0. The van der Waals surface area contributed by atoms with Gasteiger partial charge in [0.05, 0.1) is 17.4 Å². The van der Waals surface area contributed by atoms with Gasteiger partial charge in [0.15, 0.2) is 0 Å². The second-order valence-electron chi connectivity index (χ2n) is 6.57. The number of fused-ring (bicyclic) bond motifs is 1. The van der Waals surface area contributed by atoms with E-state index < -0.39 is 0 Å². The van der Waals surface area contributed by atoms with Crippen molar-refractivity contribution in [3.63, 3.8) is 0 Å². The minimum absolute atomic E-state index is 0.560. The second-order valence-corrected chi connectivity index (χ2v) is 6.57. The highest BCUT2D eigenvalue weighted by Crippen LogP contribution is 2.30. The van der Waals surface area contributed by atoms with Crippen molar-refractivity contribution < 1.29 is 0 Å². The number of rotatable bonds is 5. The third-order valence-corrected chi connectivity index (χ3v) is 4.86. The van der Waals surface area contributed by atoms with Gasteiger partial charge in [-0.1, -0.05) is 18.2 Å². The normalized spacial score (nSPS) is 18.9. The molecule has 5 nitrogen and oxygen atoms in total. The second kappa shape index (κ2) is 6.16. The van der Waals surface area contributed by atoms with Gasteiger partial charge in [-0.05, 0) is 44.0 Å². The molecule has 1 aromatic carbocycles. The molecule has 120 valence electrons. The number of likely N-dealkylation sites (tertiary alicyclic amines) is 1. The molecule has 2 aromatic heterocycles. The molecule has 4 rings (SSSR count). The molecule has 1 aliphatic heterocycles. The number of hydrogen-bond acceptors (Lipinski definition) is 3. The maximum atomic E-state index is 4.58. The van der Waals surface area contributed by atoms with Gasteiger partial charge in [0.2, 0.25) is 0 Å². The summed E-state index contributed by atoms with van der Waals surface area (Å²) < 4.78 is 1.88. The Morgan fingerprint density at radius 3 is 3.09 bits per heavy atom. The lowest BCUT2D eigenvalue weighted by molar-refractivity contribution is 0.329. The van der Waals surface area contributed by atoms with Crippen molar-refractivity contribution in [1.29, 1.82) is 0 Å². The molecule has 1 N–H and O–H groups in total. The number of para-hydroxylation sites is 1. The SMILES string of the molecule is Cn1cc(CCCN2CCC(c3n[nH]c4ccccc34)C2)cn1. The van der Waals surface area contributed by atoms with Gasteiger partial charge in [-0.3, -0.25) is 9.78 Å². The third kappa shape index (κ3) is 3.01. The molecule has 1 unspecified atom stereocenters. The van der Waals surface area contributed by atoms with Crippen molar-refractivity contribution in [1.82, 2.24) is 24.9 Å². The zero-order valence-corrected chi connectivity index (χ0v) is 13.6. The fourth-order valence-corrected chi connectivity index (χ4v) is 3.66. The maximum Gasteiger partial charge on any atom is 0.0744 e. The monoisotopic (exact) mass is 309 g/mol. The van der Waals surface area contributed by atoms with Crippen molar-refractivity contribution in [2.24, 2.45) is 7.05 Å². The van der Waals surface area contributed by atoms with E-state index in [-0.39, 0.29) is 0 Å². The van der Waals surface area contributed by atoms with Crippen LogP contribution in [0.25, 0.3) is 10.9 Å². The summed E-state index contributed by atoms with van der Waals surface area (Å²) in [4.78, 5) is 2.57. The van der Waals surface area contributed by atoms with Gasteiger partial charge in [0, 0.05) is 31.1 Å². The molecule has 3 heterocycles. The van der Waals surface area contributed by atoms with E-state index in [9.17, 15) is 0 Å². The molecule has 1 atom stereocenters. The molecule has 23 heavy (non-hydrogen) atoms. The van der Waals surface area contributed by atoms with Crippen molar-refractivity contribution in [2.75, 3.05) is 19.6 Å². The third-order valence-electron chi connectivity index (χ3n) is 4.86. The predicted octanol–water partition coefficient (Wildman–Crippen LogP) is 2.72. The number of aryl methyl sites for hydroxylation is 2. The van der Waals surface area contributed by atoms with Gasteiger partial charge in [-0.25, -0.2) is 0 Å². The van der Waals surface area contributed by atoms with Gasteiger partial charge >= 0.3 is 0 Å². The Labute approximate surface area is 136 Å². The molecule has 0 radical (unpaired) electrons. The van der Waals surface area contributed by atoms with E-state index in [0.29, 0.717) is 5.92 Å². The zero-order valence-electron chi connectivity index (χ0n) is 13.6. The Morgan fingerprint density at radius 1 is 1.30 bits per heavy atom. The standard InChI is InChI=1S/C18H23N5/c1-22-12-14(11-19-22)5-4-9-23-10-8-15(13-23)18-16-6-2-3-7-17(16)20-21-18/h2-3,6-7,11-12,15H,4-5,8-10,13H2,1H3,(H,20,21). The van der Waals surface area contributed by atoms with Crippen molar-refractivity contribution in [3.8, 4) is 0 Å². The van der Waals surface area contributed by atoms with Crippen LogP contribution in [0, 0.1) is 0 Å². The van der Waals surface area contributed by atoms with Gasteiger partial charge in [0.25, 0.3) is 0 Å². The minimum Gasteiger partial charge on any atom is -0.303 e. The average molecular weight is 309 g/mol. The first kappa shape index (κ1) is 14.5. The molecule has 5 heteroatoms. The smallest absolute Gasteiger partial charge is 0.0744 e. The van der Waals surface area contributed by atoms with E-state index in [0.717, 1.165) is 25.0 Å². The highest BCUT2D eigenvalue weighted by molar-refractivity contribution is 5.81. The van der Waals surface area contributed by atoms with Crippen LogP contribution in [0.2, 0.25) is 0 Å². The minimum atomic E-state index is 0.560. The number of hydrogen-bond donors (Lipinski definition) is 1. The maximum absolute atomic E-state index is 4.58. The first-order valence-electron chi connectivity index (χ1n) is 8.42. The number of benzene rings is 1. The first-order valence-corrected chi connectivity index (χ1v) is 8.42. The van der Waals surface area contributed by atoms with E-state index >= 15 is 0 Å². The fourth-order valence-electron chi connectivity index (χ4n) is 3.66. The molecule has 1 saturated heterocycles. The number of nitrogens with zero attached hydrogens (tertiary/aromatic N) is 4. The molecule has 3 aromatic rings. The number of H-pyrrole nitrogens is 1. The molecule has 0 saturated carbocycles. The molecule has 0 amide bonds. The summed E-state index contributed by atoms with van der Waals surface area (Å²) in [5.74, 6) is 0.560. The summed E-state index contributed by atoms with van der Waals surface area (Å²) in [5.41, 5.74) is 3.73. The van der Waals surface area contributed by atoms with Crippen molar-refractivity contribution in [2.45, 2.75) is 25.2 Å². The zero-order chi connectivity index (χ0) is 15.6. The lowest BCUT2D eigenvalue weighted by Gasteiger charge is -2.15. The highest BCUT2D eigenvalue weighted by Gasteiger charge is 2.26. The van der Waals surface area contributed by atoms with Crippen LogP contribution in [0.1, 0.15) is 30.0 Å². The Kier molecular flexibility index (Phi) is 3.87. The summed E-state index contributed by atoms with van der Waals surface area (Å²) in [7, 11) is 1.97. The lowest BCUT2D eigenvalue weighted by atomic mass is 10.0. The van der Waals surface area contributed by atoms with Gasteiger partial charge in [0.1, 0.15) is 0 Å². The van der Waals surface area contributed by atoms with Crippen LogP contribution >= 0.6 is 0 Å². The van der Waals surface area contributed by atoms with E-state index in [4.69, 9.17) is 0 Å². The summed E-state index contributed by atoms with van der Waals surface area (Å²) in [6.07, 6.45) is 7.60. The fraction of sp³-hybridized carbons (Fsp3) is 0.444. The molecule has 0 spiro atoms. The van der Waals surface area contributed by atoms with Crippen LogP contribution in [0.3, 0.4) is 0 Å². The summed E-state index contributed by atoms with van der Waals surface area (Å²) in [6.45, 7) is 3.47. The average Bonchev–Trinajstić information content (AvgIpc) is 3.27. The largest absolute Gasteiger partial charge is 0.303 e.